The number of benzene rings is 2. The maximum atomic E-state index is 13.6. The summed E-state index contributed by atoms with van der Waals surface area (Å²) in [6.07, 6.45) is 5.05. The number of anilines is 1. The highest BCUT2D eigenvalue weighted by Gasteiger charge is 2.31. The van der Waals surface area contributed by atoms with Crippen LogP contribution in [0.5, 0.6) is 0 Å². The number of amides is 1. The quantitative estimate of drug-likeness (QED) is 0.200. The molecule has 2 aromatic heterocycles. The lowest BCUT2D eigenvalue weighted by Crippen LogP contribution is -2.36. The zero-order valence-corrected chi connectivity index (χ0v) is 30.7. The summed E-state index contributed by atoms with van der Waals surface area (Å²) in [6, 6.07) is 11.0. The minimum atomic E-state index is -0.683. The highest BCUT2D eigenvalue weighted by molar-refractivity contribution is 6.39. The summed E-state index contributed by atoms with van der Waals surface area (Å²) in [6.45, 7) is 4.08. The second-order valence-corrected chi connectivity index (χ2v) is 15.1. The average molecular weight is 733 g/mol. The monoisotopic (exact) mass is 731 g/mol. The number of carbonyl (C=O) groups is 3. The molecule has 0 spiro atoms. The van der Waals surface area contributed by atoms with Crippen molar-refractivity contribution in [1.82, 2.24) is 28.9 Å². The molecule has 0 bridgehead atoms. The molecule has 11 nitrogen and oxygen atoms in total. The van der Waals surface area contributed by atoms with Crippen LogP contribution in [0.3, 0.4) is 0 Å². The van der Waals surface area contributed by atoms with E-state index in [1.54, 1.807) is 6.07 Å². The van der Waals surface area contributed by atoms with Crippen LogP contribution < -0.4 is 5.32 Å². The number of carbonyl (C=O) groups excluding carboxylic acids is 2. The summed E-state index contributed by atoms with van der Waals surface area (Å²) in [5.41, 5.74) is 6.38. The Hall–Kier alpha value is -4.03. The zero-order valence-electron chi connectivity index (χ0n) is 29.2. The van der Waals surface area contributed by atoms with Gasteiger partial charge in [0.1, 0.15) is 0 Å². The van der Waals surface area contributed by atoms with E-state index in [4.69, 9.17) is 28.2 Å². The lowest BCUT2D eigenvalue weighted by atomic mass is 9.81. The van der Waals surface area contributed by atoms with E-state index in [9.17, 15) is 19.5 Å². The van der Waals surface area contributed by atoms with Crippen LogP contribution in [0.1, 0.15) is 75.3 Å². The molecule has 2 aliphatic heterocycles. The smallest absolute Gasteiger partial charge is 0.306 e. The van der Waals surface area contributed by atoms with E-state index in [1.165, 1.54) is 0 Å². The Balaban J connectivity index is 1.04. The van der Waals surface area contributed by atoms with Crippen molar-refractivity contribution in [2.45, 2.75) is 58.0 Å². The topological polar surface area (TPSA) is 126 Å². The molecule has 4 aromatic rings. The van der Waals surface area contributed by atoms with Gasteiger partial charge in [-0.3, -0.25) is 19.3 Å². The Morgan fingerprint density at radius 2 is 1.45 bits per heavy atom. The third kappa shape index (κ3) is 7.09. The normalized spacial score (nSPS) is 19.4. The number of rotatable bonds is 9. The Morgan fingerprint density at radius 3 is 2.18 bits per heavy atom. The van der Waals surface area contributed by atoms with Gasteiger partial charge in [0.2, 0.25) is 5.78 Å². The molecule has 13 heteroatoms. The van der Waals surface area contributed by atoms with Crippen molar-refractivity contribution < 1.29 is 19.5 Å². The van der Waals surface area contributed by atoms with Gasteiger partial charge in [-0.1, -0.05) is 53.5 Å². The van der Waals surface area contributed by atoms with Gasteiger partial charge < -0.3 is 24.5 Å². The number of aromatic nitrogens is 4. The lowest BCUT2D eigenvalue weighted by Gasteiger charge is -2.33. The van der Waals surface area contributed by atoms with E-state index in [2.05, 4.69) is 27.1 Å². The van der Waals surface area contributed by atoms with Crippen molar-refractivity contribution in [3.05, 3.63) is 86.4 Å². The largest absolute Gasteiger partial charge is 0.481 e. The third-order valence-electron chi connectivity index (χ3n) is 10.9. The van der Waals surface area contributed by atoms with Crippen molar-refractivity contribution >= 4 is 46.5 Å². The van der Waals surface area contributed by atoms with Crippen LogP contribution in [0, 0.1) is 11.8 Å². The fourth-order valence-electron chi connectivity index (χ4n) is 8.00. The van der Waals surface area contributed by atoms with Gasteiger partial charge in [0, 0.05) is 88.6 Å². The van der Waals surface area contributed by atoms with Crippen LogP contribution in [0.15, 0.2) is 36.4 Å². The number of carboxylic acid groups (broad SMARTS) is 1. The first kappa shape index (κ1) is 35.4. The molecular weight excluding hydrogens is 689 g/mol. The molecule has 268 valence electrons. The van der Waals surface area contributed by atoms with Crippen LogP contribution >= 0.6 is 23.2 Å². The predicted octanol–water partition coefficient (Wildman–Crippen LogP) is 6.04. The number of nitrogens with zero attached hydrogens (tertiary/aromatic N) is 6. The number of likely N-dealkylation sites (N-methyl/N-ethyl adjacent to an activating group) is 1. The first-order valence-corrected chi connectivity index (χ1v) is 18.4. The second-order valence-electron chi connectivity index (χ2n) is 14.3. The SMILES string of the molecule is CN1CCc2c(nc(C(=O)Cc3cccc(-c4cccc(NC(=O)c5nc6c(n5C)CCN(CC5CCC(C(=O)O)CC5)C6)c4Cl)c3Cl)n2C)C1. The molecule has 7 rings (SSSR count). The number of nitrogens with one attached hydrogen (secondary N) is 1. The van der Waals surface area contributed by atoms with Crippen LogP contribution in [0.25, 0.3) is 11.1 Å². The Labute approximate surface area is 307 Å². The molecule has 1 amide bonds. The van der Waals surface area contributed by atoms with Crippen LogP contribution in [0.4, 0.5) is 5.69 Å². The number of hydrogen-bond acceptors (Lipinski definition) is 7. The van der Waals surface area contributed by atoms with E-state index in [0.717, 1.165) is 87.5 Å². The molecule has 0 radical (unpaired) electrons. The average Bonchev–Trinajstić information content (AvgIpc) is 3.62. The number of hydrogen-bond donors (Lipinski definition) is 2. The van der Waals surface area contributed by atoms with Gasteiger partial charge in [-0.05, 0) is 50.3 Å². The summed E-state index contributed by atoms with van der Waals surface area (Å²) in [5, 5.41) is 13.1. The first-order chi connectivity index (χ1) is 24.5. The number of carboxylic acids is 1. The molecule has 2 N–H and O–H groups in total. The molecule has 0 atom stereocenters. The van der Waals surface area contributed by atoms with Gasteiger partial charge in [0.15, 0.2) is 11.6 Å². The molecule has 1 saturated carbocycles. The van der Waals surface area contributed by atoms with Gasteiger partial charge >= 0.3 is 5.97 Å². The van der Waals surface area contributed by atoms with E-state index < -0.39 is 5.97 Å². The number of Topliss-reactive ketones (excluding diaryl/α,β-unsaturated/α-hetero) is 1. The molecule has 4 heterocycles. The van der Waals surface area contributed by atoms with E-state index in [-0.39, 0.29) is 24.0 Å². The van der Waals surface area contributed by atoms with Crippen molar-refractivity contribution in [1.29, 1.82) is 0 Å². The number of ketones is 1. The summed E-state index contributed by atoms with van der Waals surface area (Å²) >= 11 is 13.9. The van der Waals surface area contributed by atoms with Crippen LogP contribution in [0.2, 0.25) is 10.0 Å². The highest BCUT2D eigenvalue weighted by Crippen LogP contribution is 2.39. The minimum Gasteiger partial charge on any atom is -0.481 e. The van der Waals surface area contributed by atoms with Crippen molar-refractivity contribution in [2.24, 2.45) is 25.9 Å². The van der Waals surface area contributed by atoms with E-state index in [1.807, 2.05) is 53.6 Å². The summed E-state index contributed by atoms with van der Waals surface area (Å²) < 4.78 is 3.78. The van der Waals surface area contributed by atoms with Crippen molar-refractivity contribution in [3.8, 4) is 11.1 Å². The fraction of sp³-hybridized carbons (Fsp3) is 0.447. The van der Waals surface area contributed by atoms with Gasteiger partial charge in [-0.15, -0.1) is 0 Å². The number of halogens is 2. The fourth-order valence-corrected chi connectivity index (χ4v) is 8.57. The summed E-state index contributed by atoms with van der Waals surface area (Å²) in [4.78, 5) is 52.5. The first-order valence-electron chi connectivity index (χ1n) is 17.6. The molecule has 0 unspecified atom stereocenters. The number of fused-ring (bicyclic) bond motifs is 2. The Kier molecular flexibility index (Phi) is 10.1. The van der Waals surface area contributed by atoms with Crippen molar-refractivity contribution in [3.63, 3.8) is 0 Å². The minimum absolute atomic E-state index is 0.0907. The summed E-state index contributed by atoms with van der Waals surface area (Å²) in [7, 11) is 5.82. The third-order valence-corrected chi connectivity index (χ3v) is 11.8. The second kappa shape index (κ2) is 14.5. The summed E-state index contributed by atoms with van der Waals surface area (Å²) in [5.74, 6) is -0.148. The maximum Gasteiger partial charge on any atom is 0.306 e. The zero-order chi connectivity index (χ0) is 36.0. The Morgan fingerprint density at radius 1 is 0.824 bits per heavy atom. The molecule has 3 aliphatic rings. The van der Waals surface area contributed by atoms with Gasteiger partial charge in [0.05, 0.1) is 33.0 Å². The maximum absolute atomic E-state index is 13.6. The highest BCUT2D eigenvalue weighted by atomic mass is 35.5. The Bertz CT molecular complexity index is 2010. The lowest BCUT2D eigenvalue weighted by molar-refractivity contribution is -0.143. The molecular formula is C38H43Cl2N7O4. The van der Waals surface area contributed by atoms with E-state index >= 15 is 0 Å². The predicted molar refractivity (Wildman–Crippen MR) is 196 cm³/mol. The van der Waals surface area contributed by atoms with Crippen LogP contribution in [-0.2, 0) is 51.2 Å². The standard InChI is InChI=1S/C38H43Cl2N7O4/c1-44-16-14-30-28(20-44)41-35(45(30)2)32(48)18-24-6-4-7-25(33(24)39)26-8-5-9-27(34(26)40)43-37(49)36-42-29-21-47(17-15-31(29)46(36)3)19-22-10-12-23(13-11-22)38(50)51/h4-9,22-23H,10-21H2,1-3H3,(H,43,49)(H,50,51). The number of aliphatic carboxylic acids is 1. The molecule has 2 aromatic carbocycles. The van der Waals surface area contributed by atoms with Crippen LogP contribution in [-0.4, -0.2) is 78.4 Å². The molecule has 1 aliphatic carbocycles. The van der Waals surface area contributed by atoms with Gasteiger partial charge in [-0.25, -0.2) is 9.97 Å². The van der Waals surface area contributed by atoms with E-state index in [0.29, 0.717) is 56.5 Å². The van der Waals surface area contributed by atoms with Gasteiger partial charge in [0.25, 0.3) is 5.91 Å². The molecule has 51 heavy (non-hydrogen) atoms. The molecule has 0 saturated heterocycles. The van der Waals surface area contributed by atoms with Crippen molar-refractivity contribution in [2.75, 3.05) is 32.0 Å². The number of imidazole rings is 2. The molecule has 1 fully saturated rings. The van der Waals surface area contributed by atoms with Gasteiger partial charge in [-0.2, -0.15) is 0 Å².